The van der Waals surface area contributed by atoms with E-state index < -0.39 is 0 Å². The van der Waals surface area contributed by atoms with Gasteiger partial charge in [0.15, 0.2) is 0 Å². The summed E-state index contributed by atoms with van der Waals surface area (Å²) in [5.41, 5.74) is 3.84. The number of rotatable bonds is 7. The Morgan fingerprint density at radius 1 is 1.18 bits per heavy atom. The summed E-state index contributed by atoms with van der Waals surface area (Å²) in [4.78, 5) is 28.9. The Bertz CT molecular complexity index is 1100. The second kappa shape index (κ2) is 10.2. The van der Waals surface area contributed by atoms with Gasteiger partial charge in [-0.05, 0) is 63.9 Å². The molecule has 1 aliphatic rings. The molecule has 0 unspecified atom stereocenters. The number of hydrogen-bond donors (Lipinski definition) is 1. The average molecular weight is 466 g/mol. The number of fused-ring (bicyclic) bond motifs is 1. The number of aromatic nitrogens is 2. The first-order valence-corrected chi connectivity index (χ1v) is 12.7. The van der Waals surface area contributed by atoms with Gasteiger partial charge in [0.25, 0.3) is 0 Å². The minimum absolute atomic E-state index is 0.0502. The maximum absolute atomic E-state index is 13.0. The lowest BCUT2D eigenvalue weighted by Crippen LogP contribution is -2.43. The molecule has 0 aliphatic carbocycles. The summed E-state index contributed by atoms with van der Waals surface area (Å²) in [5.74, 6) is 1.24. The van der Waals surface area contributed by atoms with Crippen LogP contribution >= 0.6 is 11.3 Å². The second-order valence-electron chi connectivity index (χ2n) is 9.24. The van der Waals surface area contributed by atoms with Gasteiger partial charge in [-0.25, -0.2) is 9.97 Å². The Labute approximate surface area is 201 Å². The smallest absolute Gasteiger partial charge is 0.223 e. The van der Waals surface area contributed by atoms with E-state index in [1.165, 1.54) is 27.0 Å². The minimum Gasteiger partial charge on any atom is -0.356 e. The van der Waals surface area contributed by atoms with Crippen LogP contribution in [0.3, 0.4) is 0 Å². The lowest BCUT2D eigenvalue weighted by atomic mass is 9.95. The highest BCUT2D eigenvalue weighted by atomic mass is 32.1. The summed E-state index contributed by atoms with van der Waals surface area (Å²) >= 11 is 1.73. The number of anilines is 1. The second-order valence-corrected chi connectivity index (χ2v) is 10.4. The minimum atomic E-state index is 0.0502. The Kier molecular flexibility index (Phi) is 7.29. The van der Waals surface area contributed by atoms with Crippen LogP contribution in [0.1, 0.15) is 47.4 Å². The third-order valence-corrected chi connectivity index (χ3v) is 8.09. The maximum atomic E-state index is 13.0. The number of piperidine rings is 1. The van der Waals surface area contributed by atoms with Gasteiger partial charge in [-0.2, -0.15) is 0 Å². The van der Waals surface area contributed by atoms with Crippen molar-refractivity contribution in [1.82, 2.24) is 20.2 Å². The molecule has 176 valence electrons. The molecule has 0 spiro atoms. The number of nitrogens with zero attached hydrogens (tertiary/aromatic N) is 4. The van der Waals surface area contributed by atoms with Crippen LogP contribution in [0.2, 0.25) is 0 Å². The monoisotopic (exact) mass is 465 g/mol. The maximum Gasteiger partial charge on any atom is 0.223 e. The highest BCUT2D eigenvalue weighted by molar-refractivity contribution is 7.18. The van der Waals surface area contributed by atoms with Crippen LogP contribution < -0.4 is 10.2 Å². The number of hydrogen-bond acceptors (Lipinski definition) is 6. The number of likely N-dealkylation sites (N-methyl/N-ethyl adjacent to an activating group) is 1. The fourth-order valence-electron chi connectivity index (χ4n) is 4.67. The van der Waals surface area contributed by atoms with Gasteiger partial charge in [0.05, 0.1) is 11.4 Å². The molecule has 6 nitrogen and oxygen atoms in total. The van der Waals surface area contributed by atoms with Gasteiger partial charge in [0.1, 0.15) is 17.0 Å². The van der Waals surface area contributed by atoms with E-state index in [0.29, 0.717) is 6.54 Å². The Morgan fingerprint density at radius 3 is 2.52 bits per heavy atom. The molecule has 1 amide bonds. The molecule has 1 fully saturated rings. The van der Waals surface area contributed by atoms with E-state index in [-0.39, 0.29) is 17.9 Å². The molecule has 2 aromatic heterocycles. The SMILES string of the molecule is CCc1ccc([C@H](CNC(=O)C2CCN(c3ncnc4sc(C)c(C)c34)CC2)N(C)C)cc1. The van der Waals surface area contributed by atoms with Crippen molar-refractivity contribution in [1.29, 1.82) is 0 Å². The van der Waals surface area contributed by atoms with Gasteiger partial charge in [-0.15, -0.1) is 11.3 Å². The molecule has 1 aromatic carbocycles. The van der Waals surface area contributed by atoms with Crippen LogP contribution in [0.15, 0.2) is 30.6 Å². The van der Waals surface area contributed by atoms with E-state index in [9.17, 15) is 4.79 Å². The molecule has 0 saturated carbocycles. The molecular weight excluding hydrogens is 430 g/mol. The molecule has 33 heavy (non-hydrogen) atoms. The van der Waals surface area contributed by atoms with Crippen LogP contribution in [-0.2, 0) is 11.2 Å². The molecule has 4 rings (SSSR count). The summed E-state index contributed by atoms with van der Waals surface area (Å²) in [6.07, 6.45) is 4.39. The van der Waals surface area contributed by atoms with Crippen molar-refractivity contribution in [2.24, 2.45) is 5.92 Å². The van der Waals surface area contributed by atoms with Crippen LogP contribution in [-0.4, -0.2) is 54.5 Å². The van der Waals surface area contributed by atoms with Gasteiger partial charge in [0.2, 0.25) is 5.91 Å². The lowest BCUT2D eigenvalue weighted by Gasteiger charge is -2.33. The molecule has 1 N–H and O–H groups in total. The van der Waals surface area contributed by atoms with E-state index in [4.69, 9.17) is 0 Å². The van der Waals surface area contributed by atoms with E-state index in [1.807, 2.05) is 0 Å². The summed E-state index contributed by atoms with van der Waals surface area (Å²) in [6, 6.07) is 8.91. The molecule has 0 radical (unpaired) electrons. The van der Waals surface area contributed by atoms with E-state index in [1.54, 1.807) is 17.7 Å². The zero-order valence-electron chi connectivity index (χ0n) is 20.4. The van der Waals surface area contributed by atoms with Crippen LogP contribution in [0, 0.1) is 19.8 Å². The van der Waals surface area contributed by atoms with E-state index >= 15 is 0 Å². The predicted molar refractivity (Wildman–Crippen MR) is 137 cm³/mol. The number of aryl methyl sites for hydroxylation is 3. The number of nitrogens with one attached hydrogen (secondary N) is 1. The summed E-state index contributed by atoms with van der Waals surface area (Å²) in [6.45, 7) is 8.76. The largest absolute Gasteiger partial charge is 0.356 e. The fourth-order valence-corrected chi connectivity index (χ4v) is 5.66. The molecule has 1 atom stereocenters. The molecule has 7 heteroatoms. The van der Waals surface area contributed by atoms with Crippen LogP contribution in [0.4, 0.5) is 5.82 Å². The van der Waals surface area contributed by atoms with Crippen molar-refractivity contribution >= 4 is 33.3 Å². The van der Waals surface area contributed by atoms with Crippen LogP contribution in [0.5, 0.6) is 0 Å². The number of carbonyl (C=O) groups is 1. The van der Waals surface area contributed by atoms with Crippen molar-refractivity contribution in [3.63, 3.8) is 0 Å². The molecule has 3 heterocycles. The third kappa shape index (κ3) is 5.04. The predicted octanol–water partition coefficient (Wildman–Crippen LogP) is 4.51. The zero-order chi connectivity index (χ0) is 23.5. The molecule has 3 aromatic rings. The average Bonchev–Trinajstić information content (AvgIpc) is 3.13. The van der Waals surface area contributed by atoms with E-state index in [0.717, 1.165) is 43.0 Å². The van der Waals surface area contributed by atoms with Gasteiger partial charge in [-0.1, -0.05) is 31.2 Å². The van der Waals surface area contributed by atoms with Crippen molar-refractivity contribution in [3.8, 4) is 0 Å². The van der Waals surface area contributed by atoms with Gasteiger partial charge in [0, 0.05) is 30.4 Å². The third-order valence-electron chi connectivity index (χ3n) is 6.98. The van der Waals surface area contributed by atoms with Gasteiger partial charge in [-0.3, -0.25) is 4.79 Å². The molecule has 0 bridgehead atoms. The Morgan fingerprint density at radius 2 is 1.88 bits per heavy atom. The normalized spacial score (nSPS) is 15.9. The number of benzene rings is 1. The van der Waals surface area contributed by atoms with Gasteiger partial charge >= 0.3 is 0 Å². The summed E-state index contributed by atoms with van der Waals surface area (Å²) < 4.78 is 0. The number of thiophene rings is 1. The first-order valence-electron chi connectivity index (χ1n) is 11.9. The Balaban J connectivity index is 1.36. The van der Waals surface area contributed by atoms with Crippen molar-refractivity contribution < 1.29 is 4.79 Å². The van der Waals surface area contributed by atoms with Gasteiger partial charge < -0.3 is 15.1 Å². The summed E-state index contributed by atoms with van der Waals surface area (Å²) in [5, 5.41) is 4.41. The van der Waals surface area contributed by atoms with Crippen LogP contribution in [0.25, 0.3) is 10.2 Å². The highest BCUT2D eigenvalue weighted by Gasteiger charge is 2.28. The first kappa shape index (κ1) is 23.6. The Hall–Kier alpha value is -2.51. The van der Waals surface area contributed by atoms with E-state index in [2.05, 4.69) is 84.2 Å². The topological polar surface area (TPSA) is 61.4 Å². The van der Waals surface area contributed by atoms with Crippen molar-refractivity contribution in [2.45, 2.75) is 46.1 Å². The highest BCUT2D eigenvalue weighted by Crippen LogP contribution is 2.35. The number of amides is 1. The lowest BCUT2D eigenvalue weighted by molar-refractivity contribution is -0.125. The fraction of sp³-hybridized carbons (Fsp3) is 0.500. The quantitative estimate of drug-likeness (QED) is 0.556. The molecule has 1 aliphatic heterocycles. The number of carbonyl (C=O) groups excluding carboxylic acids is 1. The molecular formula is C26H35N5OS. The standard InChI is InChI=1S/C26H35N5OS/c1-6-19-7-9-20(10-8-19)22(30(4)5)15-27-25(32)21-11-13-31(14-12-21)24-23-17(2)18(3)33-26(23)29-16-28-24/h7-10,16,21-22H,6,11-15H2,1-5H3,(H,27,32)/t22-/m0/s1. The van der Waals surface area contributed by atoms with Crippen molar-refractivity contribution in [2.75, 3.05) is 38.6 Å². The van der Waals surface area contributed by atoms with Crippen molar-refractivity contribution in [3.05, 3.63) is 52.2 Å². The molecule has 1 saturated heterocycles. The first-order chi connectivity index (χ1) is 15.9. The summed E-state index contributed by atoms with van der Waals surface area (Å²) in [7, 11) is 4.14. The zero-order valence-corrected chi connectivity index (χ0v) is 21.2.